The van der Waals surface area contributed by atoms with Crippen LogP contribution < -0.4 is 9.62 Å². The lowest BCUT2D eigenvalue weighted by molar-refractivity contribution is -0.139. The van der Waals surface area contributed by atoms with Crippen molar-refractivity contribution in [2.75, 3.05) is 23.7 Å². The Morgan fingerprint density at radius 2 is 1.58 bits per heavy atom. The van der Waals surface area contributed by atoms with Crippen molar-refractivity contribution >= 4 is 61.5 Å². The normalized spacial score (nSPS) is 12.2. The van der Waals surface area contributed by atoms with Crippen LogP contribution in [-0.2, 0) is 26.2 Å². The van der Waals surface area contributed by atoms with Gasteiger partial charge in [0.15, 0.2) is 0 Å². The van der Waals surface area contributed by atoms with Gasteiger partial charge in [-0.1, -0.05) is 72.6 Å². The molecule has 0 radical (unpaired) electrons. The number of nitrogens with zero attached hydrogens (tertiary/aromatic N) is 2. The lowest BCUT2D eigenvalue weighted by atomic mass is 10.1. The third kappa shape index (κ3) is 6.49. The van der Waals surface area contributed by atoms with Crippen molar-refractivity contribution in [2.24, 2.45) is 0 Å². The minimum atomic E-state index is -3.85. The molecule has 0 bridgehead atoms. The number of hydrogen-bond acceptors (Lipinski definition) is 4. The lowest BCUT2D eigenvalue weighted by Crippen LogP contribution is -2.51. The molecular formula is C26H29Cl2N3O4S. The Morgan fingerprint density at radius 1 is 0.972 bits per heavy atom. The van der Waals surface area contributed by atoms with E-state index in [1.54, 1.807) is 49.4 Å². The monoisotopic (exact) mass is 549 g/mol. The molecule has 0 heterocycles. The van der Waals surface area contributed by atoms with Gasteiger partial charge >= 0.3 is 0 Å². The van der Waals surface area contributed by atoms with E-state index in [4.69, 9.17) is 23.2 Å². The molecule has 0 fully saturated rings. The average molecular weight is 551 g/mol. The van der Waals surface area contributed by atoms with E-state index in [1.807, 2.05) is 25.1 Å². The third-order valence-corrected chi connectivity index (χ3v) is 7.66. The molecule has 3 aromatic carbocycles. The van der Waals surface area contributed by atoms with Gasteiger partial charge in [-0.2, -0.15) is 0 Å². The average Bonchev–Trinajstić information content (AvgIpc) is 2.84. The maximum absolute atomic E-state index is 13.7. The molecule has 1 N–H and O–H groups in total. The first-order chi connectivity index (χ1) is 17.0. The summed E-state index contributed by atoms with van der Waals surface area (Å²) >= 11 is 12.7. The minimum Gasteiger partial charge on any atom is -0.354 e. The second kappa shape index (κ2) is 12.0. The van der Waals surface area contributed by atoms with Gasteiger partial charge in [0.2, 0.25) is 21.8 Å². The third-order valence-electron chi connectivity index (χ3n) is 5.82. The molecule has 10 heteroatoms. The maximum Gasteiger partial charge on any atom is 0.244 e. The molecule has 3 rings (SSSR count). The van der Waals surface area contributed by atoms with Gasteiger partial charge in [-0.05, 0) is 36.9 Å². The predicted octanol–water partition coefficient (Wildman–Crippen LogP) is 4.86. The Morgan fingerprint density at radius 3 is 2.22 bits per heavy atom. The summed E-state index contributed by atoms with van der Waals surface area (Å²) in [6.45, 7) is 3.40. The molecule has 0 spiro atoms. The van der Waals surface area contributed by atoms with Crippen molar-refractivity contribution in [3.63, 3.8) is 0 Å². The van der Waals surface area contributed by atoms with Crippen LogP contribution in [0.5, 0.6) is 0 Å². The molecule has 0 saturated carbocycles. The van der Waals surface area contributed by atoms with Crippen LogP contribution in [0, 0.1) is 0 Å². The van der Waals surface area contributed by atoms with Gasteiger partial charge in [-0.3, -0.25) is 13.9 Å². The molecule has 192 valence electrons. The number of halogens is 2. The van der Waals surface area contributed by atoms with Gasteiger partial charge in [0.25, 0.3) is 0 Å². The fraction of sp³-hybridized carbons (Fsp3) is 0.308. The van der Waals surface area contributed by atoms with E-state index in [9.17, 15) is 18.0 Å². The summed E-state index contributed by atoms with van der Waals surface area (Å²) in [6, 6.07) is 16.7. The van der Waals surface area contributed by atoms with E-state index < -0.39 is 28.5 Å². The summed E-state index contributed by atoms with van der Waals surface area (Å²) in [4.78, 5) is 27.8. The molecule has 0 aliphatic heterocycles. The zero-order chi connectivity index (χ0) is 26.5. The molecule has 0 saturated heterocycles. The van der Waals surface area contributed by atoms with Crippen LogP contribution in [0.2, 0.25) is 10.0 Å². The minimum absolute atomic E-state index is 0.0643. The Bertz CT molecular complexity index is 1340. The van der Waals surface area contributed by atoms with Gasteiger partial charge in [0.1, 0.15) is 12.6 Å². The number of benzene rings is 3. The quantitative estimate of drug-likeness (QED) is 0.391. The molecule has 1 unspecified atom stereocenters. The highest BCUT2D eigenvalue weighted by atomic mass is 35.5. The fourth-order valence-corrected chi connectivity index (χ4v) is 5.23. The van der Waals surface area contributed by atoms with Gasteiger partial charge in [0.05, 0.1) is 11.9 Å². The van der Waals surface area contributed by atoms with Crippen LogP contribution in [0.3, 0.4) is 0 Å². The number of fused-ring (bicyclic) bond motifs is 1. The van der Waals surface area contributed by atoms with Crippen molar-refractivity contribution in [1.82, 2.24) is 10.2 Å². The Balaban J connectivity index is 2.02. The highest BCUT2D eigenvalue weighted by Crippen LogP contribution is 2.30. The highest BCUT2D eigenvalue weighted by molar-refractivity contribution is 7.92. The zero-order valence-corrected chi connectivity index (χ0v) is 22.7. The van der Waals surface area contributed by atoms with Crippen molar-refractivity contribution in [3.8, 4) is 0 Å². The van der Waals surface area contributed by atoms with Gasteiger partial charge in [0, 0.05) is 34.1 Å². The zero-order valence-electron chi connectivity index (χ0n) is 20.4. The van der Waals surface area contributed by atoms with Gasteiger partial charge < -0.3 is 10.2 Å². The van der Waals surface area contributed by atoms with Crippen LogP contribution in [0.4, 0.5) is 5.69 Å². The molecule has 1 atom stereocenters. The highest BCUT2D eigenvalue weighted by Gasteiger charge is 2.31. The molecule has 36 heavy (non-hydrogen) atoms. The Hall–Kier alpha value is -2.81. The number of carbonyl (C=O) groups excluding carboxylic acids is 2. The number of amides is 2. The smallest absolute Gasteiger partial charge is 0.244 e. The fourth-order valence-electron chi connectivity index (χ4n) is 3.85. The Labute approximate surface area is 222 Å². The first kappa shape index (κ1) is 27.8. The number of hydrogen-bond donors (Lipinski definition) is 1. The van der Waals surface area contributed by atoms with Crippen LogP contribution in [0.25, 0.3) is 10.8 Å². The van der Waals surface area contributed by atoms with Crippen LogP contribution >= 0.6 is 23.2 Å². The van der Waals surface area contributed by atoms with E-state index in [1.165, 1.54) is 4.90 Å². The summed E-state index contributed by atoms with van der Waals surface area (Å²) in [5, 5.41) is 5.00. The summed E-state index contributed by atoms with van der Waals surface area (Å²) < 4.78 is 26.8. The van der Waals surface area contributed by atoms with Crippen LogP contribution in [-0.4, -0.2) is 50.5 Å². The number of anilines is 1. The second-order valence-electron chi connectivity index (χ2n) is 8.46. The summed E-state index contributed by atoms with van der Waals surface area (Å²) in [7, 11) is -3.85. The van der Waals surface area contributed by atoms with Crippen molar-refractivity contribution in [2.45, 2.75) is 32.9 Å². The molecule has 3 aromatic rings. The maximum atomic E-state index is 13.7. The number of nitrogens with one attached hydrogen (secondary N) is 1. The van der Waals surface area contributed by atoms with Gasteiger partial charge in [-0.25, -0.2) is 8.42 Å². The summed E-state index contributed by atoms with van der Waals surface area (Å²) in [5.41, 5.74) is 0.850. The molecule has 0 aromatic heterocycles. The van der Waals surface area contributed by atoms with Crippen molar-refractivity contribution in [1.29, 1.82) is 0 Å². The van der Waals surface area contributed by atoms with E-state index in [2.05, 4.69) is 5.32 Å². The number of sulfonamides is 1. The SMILES string of the molecule is CCCNC(=O)C(C)N(Cc1c(Cl)cccc1Cl)C(=O)CN(c1cccc2ccccc12)S(C)(=O)=O. The molecule has 0 aliphatic rings. The largest absolute Gasteiger partial charge is 0.354 e. The lowest BCUT2D eigenvalue weighted by Gasteiger charge is -2.32. The van der Waals surface area contributed by atoms with Crippen LogP contribution in [0.15, 0.2) is 60.7 Å². The number of rotatable bonds is 10. The standard InChI is InChI=1S/C26H29Cl2N3O4S/c1-4-15-29-26(33)18(2)30(16-21-22(27)12-8-13-23(21)28)25(32)17-31(36(3,34)35)24-14-7-10-19-9-5-6-11-20(19)24/h5-14,18H,4,15-17H2,1-3H3,(H,29,33). The molecular weight excluding hydrogens is 521 g/mol. The first-order valence-corrected chi connectivity index (χ1v) is 14.1. The van der Waals surface area contributed by atoms with Gasteiger partial charge in [-0.15, -0.1) is 0 Å². The molecule has 0 aliphatic carbocycles. The van der Waals surface area contributed by atoms with E-state index >= 15 is 0 Å². The first-order valence-electron chi connectivity index (χ1n) is 11.5. The van der Waals surface area contributed by atoms with E-state index in [0.717, 1.165) is 22.4 Å². The molecule has 7 nitrogen and oxygen atoms in total. The summed E-state index contributed by atoms with van der Waals surface area (Å²) in [6.07, 6.45) is 1.78. The van der Waals surface area contributed by atoms with Crippen molar-refractivity contribution in [3.05, 3.63) is 76.3 Å². The second-order valence-corrected chi connectivity index (χ2v) is 11.2. The summed E-state index contributed by atoms with van der Waals surface area (Å²) in [5.74, 6) is -0.923. The Kier molecular flexibility index (Phi) is 9.22. The number of carbonyl (C=O) groups is 2. The molecule has 2 amide bonds. The van der Waals surface area contributed by atoms with E-state index in [-0.39, 0.29) is 12.5 Å². The van der Waals surface area contributed by atoms with E-state index in [0.29, 0.717) is 33.2 Å². The van der Waals surface area contributed by atoms with Crippen LogP contribution in [0.1, 0.15) is 25.8 Å². The van der Waals surface area contributed by atoms with Crippen molar-refractivity contribution < 1.29 is 18.0 Å². The predicted molar refractivity (Wildman–Crippen MR) is 146 cm³/mol. The topological polar surface area (TPSA) is 86.8 Å².